The summed E-state index contributed by atoms with van der Waals surface area (Å²) >= 11 is 5.07. The van der Waals surface area contributed by atoms with Crippen molar-refractivity contribution in [3.05, 3.63) is 106 Å². The highest BCUT2D eigenvalue weighted by Crippen LogP contribution is 2.23. The molecule has 0 bridgehead atoms. The van der Waals surface area contributed by atoms with Crippen molar-refractivity contribution < 1.29 is 4.74 Å². The van der Waals surface area contributed by atoms with Gasteiger partial charge in [0.05, 0.1) is 6.21 Å². The quantitative estimate of drug-likeness (QED) is 0.220. The normalized spacial score (nSPS) is 11.2. The van der Waals surface area contributed by atoms with E-state index in [-0.39, 0.29) is 0 Å². The lowest BCUT2D eigenvalue weighted by Gasteiger charge is -2.06. The first kappa shape index (κ1) is 21.3. The average molecular weight is 493 g/mol. The predicted molar refractivity (Wildman–Crippen MR) is 129 cm³/mol. The van der Waals surface area contributed by atoms with Gasteiger partial charge in [-0.25, -0.2) is 0 Å². The molecule has 0 fully saturated rings. The van der Waals surface area contributed by atoms with Gasteiger partial charge in [0, 0.05) is 10.2 Å². The Morgan fingerprint density at radius 3 is 2.42 bits per heavy atom. The second kappa shape index (κ2) is 10.4. The molecule has 1 heterocycles. The largest absolute Gasteiger partial charge is 0.489 e. The number of benzene rings is 3. The summed E-state index contributed by atoms with van der Waals surface area (Å²) in [7, 11) is 0. The van der Waals surface area contributed by atoms with Crippen LogP contribution in [0.3, 0.4) is 0 Å². The number of ether oxygens (including phenoxy) is 1. The minimum absolute atomic E-state index is 0.549. The van der Waals surface area contributed by atoms with E-state index in [4.69, 9.17) is 4.74 Å². The number of halogens is 1. The number of rotatable bonds is 8. The van der Waals surface area contributed by atoms with Gasteiger partial charge in [0.25, 0.3) is 0 Å². The van der Waals surface area contributed by atoms with Crippen LogP contribution in [0.5, 0.6) is 5.75 Å². The Hall–Kier alpha value is -2.90. The van der Waals surface area contributed by atoms with Crippen LogP contribution >= 0.6 is 27.7 Å². The summed E-state index contributed by atoms with van der Waals surface area (Å²) in [5, 5.41) is 13.8. The summed E-state index contributed by atoms with van der Waals surface area (Å²) in [4.78, 5) is 0. The molecule has 3 aromatic carbocycles. The molecule has 0 unspecified atom stereocenters. The Kier molecular flexibility index (Phi) is 7.17. The van der Waals surface area contributed by atoms with Crippen LogP contribution in [0, 0.1) is 6.92 Å². The van der Waals surface area contributed by atoms with Gasteiger partial charge in [-0.15, -0.1) is 10.2 Å². The van der Waals surface area contributed by atoms with Crippen LogP contribution in [0.1, 0.15) is 22.5 Å². The van der Waals surface area contributed by atoms with Crippen LogP contribution < -0.4 is 4.74 Å². The van der Waals surface area contributed by atoms with Gasteiger partial charge in [-0.1, -0.05) is 70.2 Å². The molecule has 0 amide bonds. The fourth-order valence-corrected chi connectivity index (χ4v) is 3.96. The third-order valence-corrected chi connectivity index (χ3v) is 6.02. The molecule has 31 heavy (non-hydrogen) atoms. The summed E-state index contributed by atoms with van der Waals surface area (Å²) in [6.07, 6.45) is 1.81. The third kappa shape index (κ3) is 6.06. The maximum absolute atomic E-state index is 5.84. The van der Waals surface area contributed by atoms with Crippen molar-refractivity contribution in [1.82, 2.24) is 14.9 Å². The van der Waals surface area contributed by atoms with E-state index in [1.54, 1.807) is 22.7 Å². The van der Waals surface area contributed by atoms with Gasteiger partial charge < -0.3 is 4.74 Å². The van der Waals surface area contributed by atoms with Gasteiger partial charge in [-0.05, 0) is 60.0 Å². The molecule has 0 saturated carbocycles. The van der Waals surface area contributed by atoms with Crippen molar-refractivity contribution in [2.45, 2.75) is 24.4 Å². The fourth-order valence-electron chi connectivity index (χ4n) is 2.81. The highest BCUT2D eigenvalue weighted by molar-refractivity contribution is 9.10. The monoisotopic (exact) mass is 492 g/mol. The van der Waals surface area contributed by atoms with E-state index in [2.05, 4.69) is 55.5 Å². The van der Waals surface area contributed by atoms with E-state index < -0.39 is 0 Å². The molecule has 1 aromatic heterocycles. The highest BCUT2D eigenvalue weighted by atomic mass is 79.9. The average Bonchev–Trinajstić information content (AvgIpc) is 3.16. The van der Waals surface area contributed by atoms with E-state index in [0.717, 1.165) is 38.1 Å². The third-order valence-electron chi connectivity index (χ3n) is 4.50. The van der Waals surface area contributed by atoms with E-state index >= 15 is 0 Å². The number of aryl methyl sites for hydroxylation is 1. The topological polar surface area (TPSA) is 52.3 Å². The summed E-state index contributed by atoms with van der Waals surface area (Å²) < 4.78 is 8.68. The van der Waals surface area contributed by atoms with Gasteiger partial charge >= 0.3 is 0 Å². The van der Waals surface area contributed by atoms with Crippen molar-refractivity contribution in [3.8, 4) is 5.75 Å². The van der Waals surface area contributed by atoms with Gasteiger partial charge in [0.1, 0.15) is 12.4 Å². The minimum atomic E-state index is 0.549. The lowest BCUT2D eigenvalue weighted by Crippen LogP contribution is -1.97. The zero-order chi connectivity index (χ0) is 21.5. The molecule has 5 nitrogen and oxygen atoms in total. The molecule has 0 atom stereocenters. The smallest absolute Gasteiger partial charge is 0.212 e. The fraction of sp³-hybridized carbons (Fsp3) is 0.125. The number of nitrogens with zero attached hydrogens (tertiary/aromatic N) is 4. The molecule has 0 spiro atoms. The molecule has 0 aliphatic heterocycles. The zero-order valence-corrected chi connectivity index (χ0v) is 19.4. The molecule has 4 aromatic rings. The first-order chi connectivity index (χ1) is 15.2. The van der Waals surface area contributed by atoms with Crippen LogP contribution in [-0.4, -0.2) is 21.1 Å². The van der Waals surface area contributed by atoms with Crippen LogP contribution in [0.25, 0.3) is 0 Å². The van der Waals surface area contributed by atoms with Crippen LogP contribution in [0.15, 0.2) is 93.6 Å². The molecule has 0 radical (unpaired) electrons. The molecule has 0 aliphatic rings. The van der Waals surface area contributed by atoms with E-state index in [9.17, 15) is 0 Å². The number of aromatic nitrogens is 3. The van der Waals surface area contributed by atoms with Gasteiger partial charge in [-0.2, -0.15) is 9.78 Å². The Balaban J connectivity index is 1.37. The van der Waals surface area contributed by atoms with E-state index in [0.29, 0.717) is 6.61 Å². The van der Waals surface area contributed by atoms with Crippen LogP contribution in [0.2, 0.25) is 0 Å². The van der Waals surface area contributed by atoms with Gasteiger partial charge in [0.15, 0.2) is 5.82 Å². The van der Waals surface area contributed by atoms with Crippen molar-refractivity contribution in [2.24, 2.45) is 5.10 Å². The minimum Gasteiger partial charge on any atom is -0.489 e. The Bertz CT molecular complexity index is 1140. The summed E-state index contributed by atoms with van der Waals surface area (Å²) in [5.74, 6) is 2.37. The standard InChI is InChI=1S/C24H21BrN4OS/c1-18-27-28-24(31-17-21-7-11-22(25)12-8-21)29(18)26-15-19-9-13-23(14-10-19)30-16-20-5-3-2-4-6-20/h2-15H,16-17H2,1H3/b26-15+. The lowest BCUT2D eigenvalue weighted by molar-refractivity contribution is 0.306. The maximum atomic E-state index is 5.84. The van der Waals surface area contributed by atoms with Crippen LogP contribution in [0.4, 0.5) is 0 Å². The molecule has 0 aliphatic carbocycles. The molecule has 7 heteroatoms. The lowest BCUT2D eigenvalue weighted by atomic mass is 10.2. The van der Waals surface area contributed by atoms with Gasteiger partial charge in [-0.3, -0.25) is 0 Å². The SMILES string of the molecule is Cc1nnc(SCc2ccc(Br)cc2)n1/N=C/c1ccc(OCc2ccccc2)cc1. The number of thioether (sulfide) groups is 1. The maximum Gasteiger partial charge on any atom is 0.212 e. The van der Waals surface area contributed by atoms with Crippen molar-refractivity contribution in [1.29, 1.82) is 0 Å². The second-order valence-corrected chi connectivity index (χ2v) is 8.70. The van der Waals surface area contributed by atoms with Gasteiger partial charge in [0.2, 0.25) is 5.16 Å². The first-order valence-corrected chi connectivity index (χ1v) is 11.6. The molecule has 0 N–H and O–H groups in total. The van der Waals surface area contributed by atoms with E-state index in [1.165, 1.54) is 5.56 Å². The van der Waals surface area contributed by atoms with Crippen molar-refractivity contribution >= 4 is 33.9 Å². The molecule has 156 valence electrons. The number of hydrogen-bond donors (Lipinski definition) is 0. The van der Waals surface area contributed by atoms with Crippen molar-refractivity contribution in [3.63, 3.8) is 0 Å². The van der Waals surface area contributed by atoms with E-state index in [1.807, 2.05) is 61.5 Å². The first-order valence-electron chi connectivity index (χ1n) is 9.78. The van der Waals surface area contributed by atoms with Crippen LogP contribution in [-0.2, 0) is 12.4 Å². The zero-order valence-electron chi connectivity index (χ0n) is 17.0. The van der Waals surface area contributed by atoms with Crippen molar-refractivity contribution in [2.75, 3.05) is 0 Å². The molecule has 4 rings (SSSR count). The summed E-state index contributed by atoms with van der Waals surface area (Å²) in [6, 6.07) is 26.3. The number of hydrogen-bond acceptors (Lipinski definition) is 5. The molecular weight excluding hydrogens is 472 g/mol. The highest BCUT2D eigenvalue weighted by Gasteiger charge is 2.09. The Morgan fingerprint density at radius 1 is 0.935 bits per heavy atom. The molecule has 0 saturated heterocycles. The summed E-state index contributed by atoms with van der Waals surface area (Å²) in [6.45, 7) is 2.45. The second-order valence-electron chi connectivity index (χ2n) is 6.84. The predicted octanol–water partition coefficient (Wildman–Crippen LogP) is 6.10. The molecular formula is C24H21BrN4OS. The summed E-state index contributed by atoms with van der Waals surface area (Å²) in [5.41, 5.74) is 3.34. The Morgan fingerprint density at radius 2 is 1.68 bits per heavy atom. The Labute approximate surface area is 194 Å².